The lowest BCUT2D eigenvalue weighted by molar-refractivity contribution is -0.148. The molecule has 0 heterocycles. The molecule has 0 amide bonds. The molecule has 0 unspecified atom stereocenters. The SMILES string of the molecule is CCOC(=O)COCCNCCC1=CCCCC1. The molecule has 0 aromatic carbocycles. The molecule has 18 heavy (non-hydrogen) atoms. The van der Waals surface area contributed by atoms with Gasteiger partial charge in [0.2, 0.25) is 0 Å². The molecule has 0 saturated carbocycles. The van der Waals surface area contributed by atoms with Gasteiger partial charge in [0.1, 0.15) is 6.61 Å². The number of esters is 1. The Labute approximate surface area is 110 Å². The highest BCUT2D eigenvalue weighted by molar-refractivity contribution is 5.70. The maximum absolute atomic E-state index is 11.0. The summed E-state index contributed by atoms with van der Waals surface area (Å²) in [7, 11) is 0. The van der Waals surface area contributed by atoms with Crippen LogP contribution in [0, 0.1) is 0 Å². The Morgan fingerprint density at radius 2 is 2.28 bits per heavy atom. The molecule has 0 radical (unpaired) electrons. The van der Waals surface area contributed by atoms with Crippen molar-refractivity contribution in [1.82, 2.24) is 5.32 Å². The summed E-state index contributed by atoms with van der Waals surface area (Å²) in [5.74, 6) is -0.287. The van der Waals surface area contributed by atoms with Crippen LogP contribution in [0.2, 0.25) is 0 Å². The molecule has 1 rings (SSSR count). The molecule has 104 valence electrons. The largest absolute Gasteiger partial charge is 0.464 e. The van der Waals surface area contributed by atoms with E-state index in [1.807, 2.05) is 0 Å². The van der Waals surface area contributed by atoms with Crippen molar-refractivity contribution in [2.75, 3.05) is 32.9 Å². The van der Waals surface area contributed by atoms with Gasteiger partial charge in [0, 0.05) is 6.54 Å². The molecule has 0 saturated heterocycles. The zero-order valence-corrected chi connectivity index (χ0v) is 11.4. The van der Waals surface area contributed by atoms with E-state index >= 15 is 0 Å². The highest BCUT2D eigenvalue weighted by Gasteiger charge is 2.03. The number of carbonyl (C=O) groups is 1. The molecule has 0 fully saturated rings. The van der Waals surface area contributed by atoms with Crippen molar-refractivity contribution in [2.24, 2.45) is 0 Å². The third kappa shape index (κ3) is 7.45. The summed E-state index contributed by atoms with van der Waals surface area (Å²) in [6, 6.07) is 0. The maximum atomic E-state index is 11.0. The van der Waals surface area contributed by atoms with E-state index in [1.54, 1.807) is 12.5 Å². The third-order valence-corrected chi connectivity index (χ3v) is 2.96. The summed E-state index contributed by atoms with van der Waals surface area (Å²) >= 11 is 0. The summed E-state index contributed by atoms with van der Waals surface area (Å²) in [6.45, 7) is 4.59. The Balaban J connectivity index is 1.86. The van der Waals surface area contributed by atoms with E-state index < -0.39 is 0 Å². The lowest BCUT2D eigenvalue weighted by Gasteiger charge is -2.12. The Morgan fingerprint density at radius 3 is 3.00 bits per heavy atom. The second kappa shape index (κ2) is 10.1. The van der Waals surface area contributed by atoms with Gasteiger partial charge < -0.3 is 14.8 Å². The van der Waals surface area contributed by atoms with Crippen LogP contribution in [0.5, 0.6) is 0 Å². The number of carbonyl (C=O) groups excluding carboxylic acids is 1. The van der Waals surface area contributed by atoms with E-state index in [9.17, 15) is 4.79 Å². The lowest BCUT2D eigenvalue weighted by atomic mass is 9.97. The molecule has 0 bridgehead atoms. The summed E-state index contributed by atoms with van der Waals surface area (Å²) in [5, 5.41) is 3.32. The molecule has 4 heteroatoms. The number of rotatable bonds is 9. The molecule has 0 aromatic heterocycles. The van der Waals surface area contributed by atoms with Crippen LogP contribution in [0.1, 0.15) is 39.0 Å². The molecule has 0 aliphatic heterocycles. The van der Waals surface area contributed by atoms with Crippen molar-refractivity contribution < 1.29 is 14.3 Å². The summed E-state index contributed by atoms with van der Waals surface area (Å²) in [6.07, 6.45) is 8.71. The third-order valence-electron chi connectivity index (χ3n) is 2.96. The lowest BCUT2D eigenvalue weighted by Crippen LogP contribution is -2.23. The summed E-state index contributed by atoms with van der Waals surface area (Å²) in [4.78, 5) is 11.0. The Morgan fingerprint density at radius 1 is 1.39 bits per heavy atom. The van der Waals surface area contributed by atoms with E-state index in [4.69, 9.17) is 9.47 Å². The predicted molar refractivity (Wildman–Crippen MR) is 71.5 cm³/mol. The van der Waals surface area contributed by atoms with Crippen LogP contribution < -0.4 is 5.32 Å². The van der Waals surface area contributed by atoms with Gasteiger partial charge in [-0.05, 0) is 45.6 Å². The predicted octanol–water partition coefficient (Wildman–Crippen LogP) is 2.05. The number of hydrogen-bond acceptors (Lipinski definition) is 4. The fourth-order valence-electron chi connectivity index (χ4n) is 2.01. The first-order valence-corrected chi connectivity index (χ1v) is 6.95. The van der Waals surface area contributed by atoms with Crippen molar-refractivity contribution >= 4 is 5.97 Å². The molecule has 1 N–H and O–H groups in total. The zero-order valence-electron chi connectivity index (χ0n) is 11.4. The fraction of sp³-hybridized carbons (Fsp3) is 0.786. The monoisotopic (exact) mass is 255 g/mol. The van der Waals surface area contributed by atoms with E-state index in [0.29, 0.717) is 13.2 Å². The summed E-state index contributed by atoms with van der Waals surface area (Å²) in [5.41, 5.74) is 1.58. The smallest absolute Gasteiger partial charge is 0.332 e. The van der Waals surface area contributed by atoms with Gasteiger partial charge >= 0.3 is 5.97 Å². The highest BCUT2D eigenvalue weighted by atomic mass is 16.6. The Hall–Kier alpha value is -0.870. The summed E-state index contributed by atoms with van der Waals surface area (Å²) < 4.78 is 9.95. The van der Waals surface area contributed by atoms with Gasteiger partial charge in [0.25, 0.3) is 0 Å². The maximum Gasteiger partial charge on any atom is 0.332 e. The second-order valence-corrected chi connectivity index (χ2v) is 4.47. The second-order valence-electron chi connectivity index (χ2n) is 4.47. The first kappa shape index (κ1) is 15.2. The number of allylic oxidation sites excluding steroid dienone is 1. The van der Waals surface area contributed by atoms with Gasteiger partial charge in [-0.3, -0.25) is 0 Å². The van der Waals surface area contributed by atoms with Crippen molar-refractivity contribution in [3.63, 3.8) is 0 Å². The normalized spacial score (nSPS) is 15.3. The van der Waals surface area contributed by atoms with Crippen molar-refractivity contribution in [1.29, 1.82) is 0 Å². The van der Waals surface area contributed by atoms with Gasteiger partial charge in [0.05, 0.1) is 13.2 Å². The van der Waals surface area contributed by atoms with E-state index in [2.05, 4.69) is 11.4 Å². The van der Waals surface area contributed by atoms with Crippen LogP contribution in [-0.2, 0) is 14.3 Å². The van der Waals surface area contributed by atoms with Gasteiger partial charge in [0.15, 0.2) is 0 Å². The standard InChI is InChI=1S/C14H25NO3/c1-2-18-14(16)12-17-11-10-15-9-8-13-6-4-3-5-7-13/h6,15H,2-5,7-12H2,1H3. The Bertz CT molecular complexity index is 264. The van der Waals surface area contributed by atoms with Gasteiger partial charge in [-0.25, -0.2) is 4.79 Å². The molecule has 4 nitrogen and oxygen atoms in total. The minimum atomic E-state index is -0.287. The van der Waals surface area contributed by atoms with Gasteiger partial charge in [-0.15, -0.1) is 0 Å². The molecule has 0 spiro atoms. The van der Waals surface area contributed by atoms with Crippen molar-refractivity contribution in [3.8, 4) is 0 Å². The number of nitrogens with one attached hydrogen (secondary N) is 1. The van der Waals surface area contributed by atoms with Crippen LogP contribution in [0.25, 0.3) is 0 Å². The van der Waals surface area contributed by atoms with Crippen LogP contribution >= 0.6 is 0 Å². The number of ether oxygens (including phenoxy) is 2. The van der Waals surface area contributed by atoms with Gasteiger partial charge in [-0.1, -0.05) is 11.6 Å². The van der Waals surface area contributed by atoms with E-state index in [0.717, 1.165) is 19.5 Å². The first-order chi connectivity index (χ1) is 8.83. The average molecular weight is 255 g/mol. The molecular weight excluding hydrogens is 230 g/mol. The molecule has 1 aliphatic rings. The molecule has 1 aliphatic carbocycles. The first-order valence-electron chi connectivity index (χ1n) is 6.95. The Kier molecular flexibility index (Phi) is 8.51. The average Bonchev–Trinajstić information content (AvgIpc) is 2.39. The van der Waals surface area contributed by atoms with E-state index in [-0.39, 0.29) is 12.6 Å². The fourth-order valence-corrected chi connectivity index (χ4v) is 2.01. The molecule has 0 atom stereocenters. The molecular formula is C14H25NO3. The van der Waals surface area contributed by atoms with Crippen LogP contribution in [0.3, 0.4) is 0 Å². The van der Waals surface area contributed by atoms with Crippen LogP contribution in [0.15, 0.2) is 11.6 Å². The van der Waals surface area contributed by atoms with Crippen LogP contribution in [0.4, 0.5) is 0 Å². The van der Waals surface area contributed by atoms with Gasteiger partial charge in [-0.2, -0.15) is 0 Å². The molecule has 0 aromatic rings. The minimum Gasteiger partial charge on any atom is -0.464 e. The minimum absolute atomic E-state index is 0.0562. The quantitative estimate of drug-likeness (QED) is 0.389. The topological polar surface area (TPSA) is 47.6 Å². The number of hydrogen-bond donors (Lipinski definition) is 1. The zero-order chi connectivity index (χ0) is 13.1. The highest BCUT2D eigenvalue weighted by Crippen LogP contribution is 2.19. The van der Waals surface area contributed by atoms with E-state index in [1.165, 1.54) is 25.7 Å². The van der Waals surface area contributed by atoms with Crippen molar-refractivity contribution in [2.45, 2.75) is 39.0 Å². The van der Waals surface area contributed by atoms with Crippen LogP contribution in [-0.4, -0.2) is 38.9 Å². The van der Waals surface area contributed by atoms with Crippen molar-refractivity contribution in [3.05, 3.63) is 11.6 Å².